The first kappa shape index (κ1) is 10.1. The topological polar surface area (TPSA) is 108 Å². The van der Waals surface area contributed by atoms with Crippen LogP contribution in [-0.2, 0) is 0 Å². The Labute approximate surface area is 90.0 Å². The molecule has 7 nitrogen and oxygen atoms in total. The molecule has 0 aliphatic rings. The van der Waals surface area contributed by atoms with Gasteiger partial charge in [-0.15, -0.1) is 5.10 Å². The van der Waals surface area contributed by atoms with E-state index in [4.69, 9.17) is 10.2 Å². The van der Waals surface area contributed by atoms with Crippen LogP contribution in [0.3, 0.4) is 0 Å². The Morgan fingerprint density at radius 3 is 2.75 bits per heavy atom. The molecule has 0 amide bonds. The Kier molecular flexibility index (Phi) is 2.28. The van der Waals surface area contributed by atoms with Gasteiger partial charge in [-0.2, -0.15) is 0 Å². The number of nitro benzene ring substituents is 1. The monoisotopic (exact) mass is 220 g/mol. The van der Waals surface area contributed by atoms with Crippen LogP contribution in [0.15, 0.2) is 22.6 Å². The number of aryl methyl sites for hydroxylation is 1. The maximum Gasteiger partial charge on any atom is 0.313 e. The molecule has 0 saturated heterocycles. The second-order valence-electron chi connectivity index (χ2n) is 3.17. The Hall–Kier alpha value is -2.44. The molecule has 82 valence electrons. The van der Waals surface area contributed by atoms with E-state index in [0.29, 0.717) is 11.1 Å². The van der Waals surface area contributed by atoms with Crippen molar-refractivity contribution >= 4 is 11.7 Å². The van der Waals surface area contributed by atoms with E-state index in [-0.39, 0.29) is 17.6 Å². The predicted octanol–water partition coefficient (Wildman–Crippen LogP) is 1.54. The molecule has 0 aliphatic carbocycles. The minimum absolute atomic E-state index is 0.0577. The van der Waals surface area contributed by atoms with Crippen LogP contribution in [0.1, 0.15) is 5.56 Å². The zero-order valence-electron chi connectivity index (χ0n) is 8.38. The molecule has 2 rings (SSSR count). The van der Waals surface area contributed by atoms with E-state index in [2.05, 4.69) is 10.2 Å². The molecule has 0 unspecified atom stereocenters. The molecule has 1 aromatic carbocycles. The molecular weight excluding hydrogens is 212 g/mol. The lowest BCUT2D eigenvalue weighted by Crippen LogP contribution is -1.94. The number of hydrogen-bond acceptors (Lipinski definition) is 6. The van der Waals surface area contributed by atoms with E-state index >= 15 is 0 Å². The van der Waals surface area contributed by atoms with Crippen molar-refractivity contribution in [1.29, 1.82) is 0 Å². The number of nitrogens with zero attached hydrogens (tertiary/aromatic N) is 3. The molecule has 2 aromatic rings. The molecule has 0 saturated carbocycles. The third kappa shape index (κ3) is 1.58. The average molecular weight is 220 g/mol. The zero-order valence-corrected chi connectivity index (χ0v) is 8.38. The van der Waals surface area contributed by atoms with E-state index in [1.165, 1.54) is 6.07 Å². The molecule has 0 fully saturated rings. The molecule has 16 heavy (non-hydrogen) atoms. The summed E-state index contributed by atoms with van der Waals surface area (Å²) in [6.07, 6.45) is 0. The summed E-state index contributed by atoms with van der Waals surface area (Å²) in [5.41, 5.74) is 6.18. The summed E-state index contributed by atoms with van der Waals surface area (Å²) in [5, 5.41) is 18.0. The minimum atomic E-state index is -0.497. The van der Waals surface area contributed by atoms with Gasteiger partial charge in [-0.25, -0.2) is 0 Å². The summed E-state index contributed by atoms with van der Waals surface area (Å²) in [7, 11) is 0. The summed E-state index contributed by atoms with van der Waals surface area (Å²) in [6.45, 7) is 1.72. The number of nitro groups is 1. The molecule has 7 heteroatoms. The SMILES string of the molecule is Cc1cccc([N+](=O)[O-])c1-c1nnc(N)o1. The standard InChI is InChI=1S/C9H8N4O3/c1-5-3-2-4-6(13(14)15)7(5)8-11-12-9(10)16-8/h2-4H,1H3,(H2,10,12). The number of rotatable bonds is 2. The van der Waals surface area contributed by atoms with Crippen LogP contribution in [0.5, 0.6) is 0 Å². The van der Waals surface area contributed by atoms with Crippen LogP contribution >= 0.6 is 0 Å². The van der Waals surface area contributed by atoms with E-state index in [9.17, 15) is 10.1 Å². The molecule has 1 heterocycles. The largest absolute Gasteiger partial charge is 0.403 e. The number of nitrogens with two attached hydrogens (primary N) is 1. The quantitative estimate of drug-likeness (QED) is 0.607. The fourth-order valence-corrected chi connectivity index (χ4v) is 1.42. The van der Waals surface area contributed by atoms with Crippen LogP contribution in [0.4, 0.5) is 11.7 Å². The van der Waals surface area contributed by atoms with E-state index in [1.807, 2.05) is 0 Å². The lowest BCUT2D eigenvalue weighted by atomic mass is 10.1. The van der Waals surface area contributed by atoms with Gasteiger partial charge in [0.15, 0.2) is 0 Å². The van der Waals surface area contributed by atoms with Gasteiger partial charge < -0.3 is 10.2 Å². The van der Waals surface area contributed by atoms with Gasteiger partial charge in [0.25, 0.3) is 11.6 Å². The van der Waals surface area contributed by atoms with Gasteiger partial charge in [0.2, 0.25) is 0 Å². The van der Waals surface area contributed by atoms with Crippen molar-refractivity contribution in [2.24, 2.45) is 0 Å². The number of benzene rings is 1. The number of aromatic nitrogens is 2. The van der Waals surface area contributed by atoms with Gasteiger partial charge in [0.1, 0.15) is 5.56 Å². The molecule has 0 aliphatic heterocycles. The van der Waals surface area contributed by atoms with Crippen LogP contribution < -0.4 is 5.73 Å². The normalized spacial score (nSPS) is 10.3. The molecular formula is C9H8N4O3. The first-order valence-corrected chi connectivity index (χ1v) is 4.43. The highest BCUT2D eigenvalue weighted by molar-refractivity contribution is 5.70. The number of anilines is 1. The van der Waals surface area contributed by atoms with E-state index < -0.39 is 4.92 Å². The highest BCUT2D eigenvalue weighted by Crippen LogP contribution is 2.31. The van der Waals surface area contributed by atoms with Crippen LogP contribution in [0, 0.1) is 17.0 Å². The number of hydrogen-bond donors (Lipinski definition) is 1. The van der Waals surface area contributed by atoms with Gasteiger partial charge in [-0.3, -0.25) is 10.1 Å². The van der Waals surface area contributed by atoms with Gasteiger partial charge in [-0.1, -0.05) is 17.2 Å². The highest BCUT2D eigenvalue weighted by atomic mass is 16.6. The predicted molar refractivity (Wildman–Crippen MR) is 55.5 cm³/mol. The average Bonchev–Trinajstić information content (AvgIpc) is 2.64. The fourth-order valence-electron chi connectivity index (χ4n) is 1.42. The molecule has 0 radical (unpaired) electrons. The van der Waals surface area contributed by atoms with Crippen molar-refractivity contribution in [2.75, 3.05) is 5.73 Å². The summed E-state index contributed by atoms with van der Waals surface area (Å²) >= 11 is 0. The highest BCUT2D eigenvalue weighted by Gasteiger charge is 2.21. The zero-order chi connectivity index (χ0) is 11.7. The first-order valence-electron chi connectivity index (χ1n) is 4.43. The van der Waals surface area contributed by atoms with Crippen LogP contribution in [-0.4, -0.2) is 15.1 Å². The third-order valence-corrected chi connectivity index (χ3v) is 2.10. The molecule has 0 spiro atoms. The second kappa shape index (κ2) is 3.61. The van der Waals surface area contributed by atoms with E-state index in [1.54, 1.807) is 19.1 Å². The van der Waals surface area contributed by atoms with Crippen molar-refractivity contribution in [1.82, 2.24) is 10.2 Å². The van der Waals surface area contributed by atoms with Crippen molar-refractivity contribution in [3.8, 4) is 11.5 Å². The maximum atomic E-state index is 10.8. The van der Waals surface area contributed by atoms with Gasteiger partial charge in [0.05, 0.1) is 4.92 Å². The van der Waals surface area contributed by atoms with Crippen molar-refractivity contribution in [2.45, 2.75) is 6.92 Å². The van der Waals surface area contributed by atoms with Gasteiger partial charge in [0, 0.05) is 6.07 Å². The molecule has 2 N–H and O–H groups in total. The summed E-state index contributed by atoms with van der Waals surface area (Å²) in [4.78, 5) is 10.3. The first-order chi connectivity index (χ1) is 7.59. The summed E-state index contributed by atoms with van der Waals surface area (Å²) in [5.74, 6) is 0.0577. The Bertz CT molecular complexity index is 549. The maximum absolute atomic E-state index is 10.8. The van der Waals surface area contributed by atoms with Crippen molar-refractivity contribution in [3.05, 3.63) is 33.9 Å². The molecule has 0 atom stereocenters. The Morgan fingerprint density at radius 1 is 1.44 bits per heavy atom. The van der Waals surface area contributed by atoms with Crippen LogP contribution in [0.25, 0.3) is 11.5 Å². The minimum Gasteiger partial charge on any atom is -0.403 e. The van der Waals surface area contributed by atoms with Crippen LogP contribution in [0.2, 0.25) is 0 Å². The Balaban J connectivity index is 2.67. The fraction of sp³-hybridized carbons (Fsp3) is 0.111. The smallest absolute Gasteiger partial charge is 0.313 e. The lowest BCUT2D eigenvalue weighted by molar-refractivity contribution is -0.384. The lowest BCUT2D eigenvalue weighted by Gasteiger charge is -2.01. The van der Waals surface area contributed by atoms with Gasteiger partial charge >= 0.3 is 6.01 Å². The summed E-state index contributed by atoms with van der Waals surface area (Å²) < 4.78 is 4.99. The Morgan fingerprint density at radius 2 is 2.19 bits per heavy atom. The molecule has 0 bridgehead atoms. The number of nitrogen functional groups attached to an aromatic ring is 1. The van der Waals surface area contributed by atoms with Crippen molar-refractivity contribution in [3.63, 3.8) is 0 Å². The van der Waals surface area contributed by atoms with Crippen molar-refractivity contribution < 1.29 is 9.34 Å². The second-order valence-corrected chi connectivity index (χ2v) is 3.17. The van der Waals surface area contributed by atoms with Gasteiger partial charge in [-0.05, 0) is 12.5 Å². The third-order valence-electron chi connectivity index (χ3n) is 2.10. The van der Waals surface area contributed by atoms with E-state index in [0.717, 1.165) is 0 Å². The molecule has 1 aromatic heterocycles. The summed E-state index contributed by atoms with van der Waals surface area (Å²) in [6, 6.07) is 4.58.